The van der Waals surface area contributed by atoms with E-state index in [1.54, 1.807) is 4.90 Å². The topological polar surface area (TPSA) is 66.8 Å². The predicted octanol–water partition coefficient (Wildman–Crippen LogP) is 1.87. The number of carboxylic acid groups (broad SMARTS) is 1. The first kappa shape index (κ1) is 13.3. The molecule has 1 aliphatic rings. The second kappa shape index (κ2) is 4.83. The van der Waals surface area contributed by atoms with Gasteiger partial charge in [0.05, 0.1) is 0 Å². The van der Waals surface area contributed by atoms with Crippen molar-refractivity contribution in [2.75, 3.05) is 11.4 Å². The smallest absolute Gasteiger partial charge is 0.474 e. The molecule has 1 heterocycles. The molecule has 0 atom stereocenters. The molecule has 1 saturated heterocycles. The van der Waals surface area contributed by atoms with Crippen LogP contribution in [0.3, 0.4) is 0 Å². The number of amides is 1. The van der Waals surface area contributed by atoms with Crippen LogP contribution in [0.2, 0.25) is 0 Å². The maximum absolute atomic E-state index is 12.8. The Morgan fingerprint density at radius 1 is 1.32 bits per heavy atom. The Hall–Kier alpha value is -2.18. The van der Waals surface area contributed by atoms with Gasteiger partial charge in [0.2, 0.25) is 5.91 Å². The van der Waals surface area contributed by atoms with Crippen LogP contribution in [0, 0.1) is 0 Å². The number of anilines is 1. The monoisotopic (exact) mass is 271 g/mol. The van der Waals surface area contributed by atoms with Gasteiger partial charge in [0.25, 0.3) is 0 Å². The zero-order chi connectivity index (χ0) is 14.0. The molecule has 1 aliphatic heterocycles. The maximum atomic E-state index is 12.8. The van der Waals surface area contributed by atoms with Gasteiger partial charge in [-0.25, -0.2) is 4.79 Å². The maximum Gasteiger partial charge on any atom is 0.501 e. The van der Waals surface area contributed by atoms with Gasteiger partial charge in [0, 0.05) is 18.7 Å². The Bertz CT molecular complexity index is 501. The van der Waals surface area contributed by atoms with Crippen molar-refractivity contribution in [3.8, 4) is 5.75 Å². The van der Waals surface area contributed by atoms with Crippen LogP contribution in [0.5, 0.6) is 5.75 Å². The third-order valence-corrected chi connectivity index (χ3v) is 2.72. The minimum absolute atomic E-state index is 0.0236. The van der Waals surface area contributed by atoms with E-state index in [1.807, 2.05) is 0 Å². The summed E-state index contributed by atoms with van der Waals surface area (Å²) in [5.74, 6) is -2.65. The number of ether oxygens (including phenoxy) is 1. The molecule has 19 heavy (non-hydrogen) atoms. The van der Waals surface area contributed by atoms with Crippen LogP contribution in [0.15, 0.2) is 24.3 Å². The quantitative estimate of drug-likeness (QED) is 0.907. The summed E-state index contributed by atoms with van der Waals surface area (Å²) < 4.78 is 29.7. The molecule has 1 aromatic rings. The third-order valence-electron chi connectivity index (χ3n) is 2.72. The molecule has 0 aromatic heterocycles. The number of aliphatic carboxylic acids is 1. The second-order valence-electron chi connectivity index (χ2n) is 4.07. The molecular weight excluding hydrogens is 260 g/mol. The highest BCUT2D eigenvalue weighted by Crippen LogP contribution is 2.26. The van der Waals surface area contributed by atoms with Crippen molar-refractivity contribution in [3.63, 3.8) is 0 Å². The molecule has 0 saturated carbocycles. The van der Waals surface area contributed by atoms with E-state index in [0.29, 0.717) is 18.7 Å². The average Bonchev–Trinajstić information content (AvgIpc) is 2.76. The van der Waals surface area contributed by atoms with Crippen LogP contribution < -0.4 is 9.64 Å². The van der Waals surface area contributed by atoms with Gasteiger partial charge in [-0.1, -0.05) is 0 Å². The molecule has 0 aliphatic carbocycles. The summed E-state index contributed by atoms with van der Waals surface area (Å²) in [5.41, 5.74) is 0.577. The number of nitrogens with zero attached hydrogens (tertiary/aromatic N) is 1. The van der Waals surface area contributed by atoms with Crippen molar-refractivity contribution in [3.05, 3.63) is 24.3 Å². The van der Waals surface area contributed by atoms with E-state index in [2.05, 4.69) is 4.74 Å². The lowest BCUT2D eigenvalue weighted by Crippen LogP contribution is -2.34. The van der Waals surface area contributed by atoms with Crippen LogP contribution in [-0.2, 0) is 9.59 Å². The molecule has 0 radical (unpaired) electrons. The molecule has 0 bridgehead atoms. The van der Waals surface area contributed by atoms with E-state index < -0.39 is 12.1 Å². The van der Waals surface area contributed by atoms with Crippen molar-refractivity contribution in [1.82, 2.24) is 0 Å². The normalized spacial score (nSPS) is 15.7. The van der Waals surface area contributed by atoms with Gasteiger partial charge in [0.15, 0.2) is 0 Å². The van der Waals surface area contributed by atoms with Crippen LogP contribution in [0.1, 0.15) is 12.8 Å². The van der Waals surface area contributed by atoms with Crippen molar-refractivity contribution in [1.29, 1.82) is 0 Å². The molecule has 2 rings (SSSR count). The molecule has 1 amide bonds. The molecular formula is C12H11F2NO4. The molecule has 0 spiro atoms. The van der Waals surface area contributed by atoms with Crippen LogP contribution >= 0.6 is 0 Å². The molecule has 102 valence electrons. The molecule has 1 N–H and O–H groups in total. The van der Waals surface area contributed by atoms with E-state index in [9.17, 15) is 18.4 Å². The Kier molecular flexibility index (Phi) is 3.37. The summed E-state index contributed by atoms with van der Waals surface area (Å²) >= 11 is 0. The summed E-state index contributed by atoms with van der Waals surface area (Å²) in [6.07, 6.45) is -3.05. The number of benzene rings is 1. The van der Waals surface area contributed by atoms with E-state index in [-0.39, 0.29) is 11.7 Å². The van der Waals surface area contributed by atoms with E-state index >= 15 is 0 Å². The second-order valence-corrected chi connectivity index (χ2v) is 4.07. The van der Waals surface area contributed by atoms with Gasteiger partial charge in [0.1, 0.15) is 5.75 Å². The number of hydrogen-bond donors (Lipinski definition) is 1. The van der Waals surface area contributed by atoms with Gasteiger partial charge in [-0.3, -0.25) is 4.79 Å². The Morgan fingerprint density at radius 3 is 2.42 bits per heavy atom. The van der Waals surface area contributed by atoms with Crippen LogP contribution in [0.25, 0.3) is 0 Å². The van der Waals surface area contributed by atoms with Crippen molar-refractivity contribution < 1.29 is 28.2 Å². The number of hydrogen-bond acceptors (Lipinski definition) is 3. The number of carboxylic acids is 1. The third kappa shape index (κ3) is 2.81. The van der Waals surface area contributed by atoms with E-state index in [4.69, 9.17) is 5.11 Å². The first-order valence-electron chi connectivity index (χ1n) is 5.61. The first-order chi connectivity index (χ1) is 8.90. The SMILES string of the molecule is O=C1CCCN1c1ccc(OC(F)(F)C(=O)O)cc1. The highest BCUT2D eigenvalue weighted by molar-refractivity contribution is 5.95. The fraction of sp³-hybridized carbons (Fsp3) is 0.333. The van der Waals surface area contributed by atoms with Gasteiger partial charge < -0.3 is 14.7 Å². The molecule has 1 fully saturated rings. The Morgan fingerprint density at radius 2 is 1.95 bits per heavy atom. The summed E-state index contributed by atoms with van der Waals surface area (Å²) in [5, 5.41) is 8.24. The van der Waals surface area contributed by atoms with Crippen LogP contribution in [-0.4, -0.2) is 29.6 Å². The zero-order valence-corrected chi connectivity index (χ0v) is 9.81. The number of carbonyl (C=O) groups is 2. The van der Waals surface area contributed by atoms with E-state index in [1.165, 1.54) is 24.3 Å². The summed E-state index contributed by atoms with van der Waals surface area (Å²) in [4.78, 5) is 23.2. The van der Waals surface area contributed by atoms with Gasteiger partial charge in [-0.05, 0) is 30.7 Å². The number of alkyl halides is 2. The molecule has 0 unspecified atom stereocenters. The standard InChI is InChI=1S/C12H11F2NO4/c13-12(14,11(17)18)19-9-5-3-8(4-6-9)15-7-1-2-10(15)16/h3-6H,1-2,7H2,(H,17,18). The van der Waals surface area contributed by atoms with Crippen molar-refractivity contribution >= 4 is 17.6 Å². The molecule has 1 aromatic carbocycles. The Labute approximate surface area is 107 Å². The van der Waals surface area contributed by atoms with Crippen molar-refractivity contribution in [2.45, 2.75) is 19.0 Å². The Balaban J connectivity index is 2.11. The lowest BCUT2D eigenvalue weighted by Gasteiger charge is -2.17. The van der Waals surface area contributed by atoms with E-state index in [0.717, 1.165) is 6.42 Å². The zero-order valence-electron chi connectivity index (χ0n) is 9.81. The average molecular weight is 271 g/mol. The molecule has 7 heteroatoms. The predicted molar refractivity (Wildman–Crippen MR) is 61.2 cm³/mol. The largest absolute Gasteiger partial charge is 0.501 e. The molecule has 5 nitrogen and oxygen atoms in total. The number of carbonyl (C=O) groups excluding carboxylic acids is 1. The summed E-state index contributed by atoms with van der Waals surface area (Å²) in [7, 11) is 0. The minimum Gasteiger partial charge on any atom is -0.474 e. The number of rotatable bonds is 4. The summed E-state index contributed by atoms with van der Waals surface area (Å²) in [6.45, 7) is 0.588. The first-order valence-corrected chi connectivity index (χ1v) is 5.61. The van der Waals surface area contributed by atoms with Crippen molar-refractivity contribution in [2.24, 2.45) is 0 Å². The lowest BCUT2D eigenvalue weighted by molar-refractivity contribution is -0.210. The van der Waals surface area contributed by atoms with Gasteiger partial charge >= 0.3 is 12.1 Å². The number of halogens is 2. The minimum atomic E-state index is -4.27. The lowest BCUT2D eigenvalue weighted by atomic mass is 10.3. The highest BCUT2D eigenvalue weighted by atomic mass is 19.3. The van der Waals surface area contributed by atoms with Crippen LogP contribution in [0.4, 0.5) is 14.5 Å². The van der Waals surface area contributed by atoms with Gasteiger partial charge in [-0.2, -0.15) is 8.78 Å². The highest BCUT2D eigenvalue weighted by Gasteiger charge is 2.42. The van der Waals surface area contributed by atoms with Gasteiger partial charge in [-0.15, -0.1) is 0 Å². The fourth-order valence-electron chi connectivity index (χ4n) is 1.81. The summed E-state index contributed by atoms with van der Waals surface area (Å²) in [6, 6.07) is 5.29. The fourth-order valence-corrected chi connectivity index (χ4v) is 1.81.